The van der Waals surface area contributed by atoms with Gasteiger partial charge in [0.2, 0.25) is 11.8 Å². The Bertz CT molecular complexity index is 977. The molecular weight excluding hydrogens is 359 g/mol. The second-order valence-electron chi connectivity index (χ2n) is 6.46. The van der Waals surface area contributed by atoms with Gasteiger partial charge in [0.15, 0.2) is 0 Å². The van der Waals surface area contributed by atoms with Gasteiger partial charge in [0.1, 0.15) is 6.10 Å². The number of carbonyl (C=O) groups excluding carboxylic acids is 1. The highest BCUT2D eigenvalue weighted by atomic mass is 19.4. The van der Waals surface area contributed by atoms with Crippen LogP contribution in [0.15, 0.2) is 48.8 Å². The van der Waals surface area contributed by atoms with Crippen molar-refractivity contribution >= 4 is 16.8 Å². The summed E-state index contributed by atoms with van der Waals surface area (Å²) in [6.07, 6.45) is -1.65. The number of fused-ring (bicyclic) bond motifs is 1. The van der Waals surface area contributed by atoms with Crippen molar-refractivity contribution in [3.8, 4) is 5.88 Å². The van der Waals surface area contributed by atoms with Gasteiger partial charge in [0.25, 0.3) is 0 Å². The van der Waals surface area contributed by atoms with Crippen molar-refractivity contribution in [2.24, 2.45) is 0 Å². The van der Waals surface area contributed by atoms with Crippen LogP contribution in [0.3, 0.4) is 0 Å². The summed E-state index contributed by atoms with van der Waals surface area (Å²) in [5.74, 6) is -0.129. The zero-order valence-corrected chi connectivity index (χ0v) is 14.2. The quantitative estimate of drug-likeness (QED) is 0.760. The molecule has 8 heteroatoms. The molecule has 1 amide bonds. The molecule has 0 saturated carbocycles. The lowest BCUT2D eigenvalue weighted by Crippen LogP contribution is -2.56. The standard InChI is InChI=1S/C19H16F3N3O2/c20-19(21,22)13-5-6-23-17(8-13)27-14-10-25(11-14)18(26)7-12-9-24-16-4-2-1-3-15(12)16/h1-6,8-9,14,24H,7,10-11H2. The van der Waals surface area contributed by atoms with Gasteiger partial charge in [0.05, 0.1) is 25.1 Å². The molecule has 27 heavy (non-hydrogen) atoms. The molecule has 0 unspecified atom stereocenters. The molecule has 5 nitrogen and oxygen atoms in total. The molecule has 1 saturated heterocycles. The van der Waals surface area contributed by atoms with Crippen molar-refractivity contribution in [2.75, 3.05) is 13.1 Å². The van der Waals surface area contributed by atoms with E-state index in [0.29, 0.717) is 13.1 Å². The number of rotatable bonds is 4. The number of aromatic amines is 1. The minimum absolute atomic E-state index is 0.0448. The second kappa shape index (κ2) is 6.61. The van der Waals surface area contributed by atoms with Gasteiger partial charge in [-0.2, -0.15) is 13.2 Å². The highest BCUT2D eigenvalue weighted by molar-refractivity contribution is 5.89. The smallest absolute Gasteiger partial charge is 0.416 e. The van der Waals surface area contributed by atoms with Crippen LogP contribution in [0.5, 0.6) is 5.88 Å². The van der Waals surface area contributed by atoms with Crippen molar-refractivity contribution in [1.29, 1.82) is 0 Å². The van der Waals surface area contributed by atoms with Crippen molar-refractivity contribution in [3.63, 3.8) is 0 Å². The van der Waals surface area contributed by atoms with Crippen molar-refractivity contribution in [2.45, 2.75) is 18.7 Å². The first-order chi connectivity index (χ1) is 12.9. The molecule has 1 aliphatic rings. The van der Waals surface area contributed by atoms with E-state index in [1.165, 1.54) is 0 Å². The molecule has 0 radical (unpaired) electrons. The van der Waals surface area contributed by atoms with E-state index in [-0.39, 0.29) is 24.3 Å². The third-order valence-electron chi connectivity index (χ3n) is 4.57. The summed E-state index contributed by atoms with van der Waals surface area (Å²) in [6, 6.07) is 9.50. The number of carbonyl (C=O) groups is 1. The molecule has 3 heterocycles. The number of halogens is 3. The van der Waals surface area contributed by atoms with E-state index in [9.17, 15) is 18.0 Å². The number of aromatic nitrogens is 2. The summed E-state index contributed by atoms with van der Waals surface area (Å²) in [5, 5.41) is 1.01. The average molecular weight is 375 g/mol. The Morgan fingerprint density at radius 1 is 1.26 bits per heavy atom. The number of alkyl halides is 3. The van der Waals surface area contributed by atoms with Gasteiger partial charge in [0, 0.05) is 29.4 Å². The molecule has 140 valence electrons. The number of nitrogens with zero attached hydrogens (tertiary/aromatic N) is 2. The minimum Gasteiger partial charge on any atom is -0.471 e. The predicted octanol–water partition coefficient (Wildman–Crippen LogP) is 3.41. The first kappa shape index (κ1) is 17.4. The molecule has 0 aliphatic carbocycles. The molecule has 0 atom stereocenters. The fourth-order valence-corrected chi connectivity index (χ4v) is 3.09. The molecule has 1 N–H and O–H groups in total. The van der Waals surface area contributed by atoms with E-state index in [2.05, 4.69) is 9.97 Å². The molecular formula is C19H16F3N3O2. The topological polar surface area (TPSA) is 58.2 Å². The number of pyridine rings is 1. The van der Waals surface area contributed by atoms with Gasteiger partial charge >= 0.3 is 6.18 Å². The van der Waals surface area contributed by atoms with Crippen LogP contribution in [0.1, 0.15) is 11.1 Å². The molecule has 0 spiro atoms. The molecule has 1 aromatic carbocycles. The van der Waals surface area contributed by atoms with Gasteiger partial charge in [-0.1, -0.05) is 18.2 Å². The van der Waals surface area contributed by atoms with E-state index < -0.39 is 11.7 Å². The Kier molecular flexibility index (Phi) is 4.25. The third-order valence-corrected chi connectivity index (χ3v) is 4.57. The van der Waals surface area contributed by atoms with Gasteiger partial charge < -0.3 is 14.6 Å². The van der Waals surface area contributed by atoms with E-state index in [1.54, 1.807) is 4.90 Å². The molecule has 1 fully saturated rings. The number of ether oxygens (including phenoxy) is 1. The number of hydrogen-bond donors (Lipinski definition) is 1. The molecule has 3 aromatic rings. The normalized spacial score (nSPS) is 15.0. The summed E-state index contributed by atoms with van der Waals surface area (Å²) < 4.78 is 43.6. The Hall–Kier alpha value is -3.03. The Labute approximate surface area is 152 Å². The third kappa shape index (κ3) is 3.60. The average Bonchev–Trinajstić information content (AvgIpc) is 3.00. The summed E-state index contributed by atoms with van der Waals surface area (Å²) in [5.41, 5.74) is 1.08. The van der Waals surface area contributed by atoms with Gasteiger partial charge in [-0.3, -0.25) is 4.79 Å². The minimum atomic E-state index is -4.44. The number of benzene rings is 1. The summed E-state index contributed by atoms with van der Waals surface area (Å²) in [7, 11) is 0. The van der Waals surface area contributed by atoms with E-state index in [0.717, 1.165) is 34.8 Å². The second-order valence-corrected chi connectivity index (χ2v) is 6.46. The van der Waals surface area contributed by atoms with Crippen LogP contribution < -0.4 is 4.74 Å². The Morgan fingerprint density at radius 2 is 2.04 bits per heavy atom. The lowest BCUT2D eigenvalue weighted by atomic mass is 10.1. The van der Waals surface area contributed by atoms with Gasteiger partial charge in [-0.05, 0) is 17.7 Å². The van der Waals surface area contributed by atoms with Crippen LogP contribution in [0.2, 0.25) is 0 Å². The lowest BCUT2D eigenvalue weighted by Gasteiger charge is -2.38. The van der Waals surface area contributed by atoms with E-state index >= 15 is 0 Å². The van der Waals surface area contributed by atoms with Gasteiger partial charge in [-0.25, -0.2) is 4.98 Å². The van der Waals surface area contributed by atoms with Crippen LogP contribution in [-0.4, -0.2) is 40.0 Å². The number of para-hydroxylation sites is 1. The first-order valence-electron chi connectivity index (χ1n) is 8.43. The highest BCUT2D eigenvalue weighted by Crippen LogP contribution is 2.31. The lowest BCUT2D eigenvalue weighted by molar-refractivity contribution is -0.139. The molecule has 1 aliphatic heterocycles. The zero-order valence-electron chi connectivity index (χ0n) is 14.2. The van der Waals surface area contributed by atoms with Crippen molar-refractivity contribution in [1.82, 2.24) is 14.9 Å². The number of hydrogen-bond acceptors (Lipinski definition) is 3. The Morgan fingerprint density at radius 3 is 2.81 bits per heavy atom. The van der Waals surface area contributed by atoms with Crippen LogP contribution in [0, 0.1) is 0 Å². The summed E-state index contributed by atoms with van der Waals surface area (Å²) in [6.45, 7) is 0.665. The first-order valence-corrected chi connectivity index (χ1v) is 8.43. The van der Waals surface area contributed by atoms with Crippen LogP contribution in [0.4, 0.5) is 13.2 Å². The monoisotopic (exact) mass is 375 g/mol. The summed E-state index contributed by atoms with van der Waals surface area (Å²) in [4.78, 5) is 21.0. The van der Waals surface area contributed by atoms with E-state index in [4.69, 9.17) is 4.74 Å². The van der Waals surface area contributed by atoms with Crippen LogP contribution in [0.25, 0.3) is 10.9 Å². The summed E-state index contributed by atoms with van der Waals surface area (Å²) >= 11 is 0. The number of amides is 1. The van der Waals surface area contributed by atoms with Crippen molar-refractivity contribution < 1.29 is 22.7 Å². The molecule has 2 aromatic heterocycles. The number of nitrogens with one attached hydrogen (secondary N) is 1. The molecule has 4 rings (SSSR count). The van der Waals surface area contributed by atoms with Gasteiger partial charge in [-0.15, -0.1) is 0 Å². The van der Waals surface area contributed by atoms with Crippen LogP contribution in [-0.2, 0) is 17.4 Å². The van der Waals surface area contributed by atoms with E-state index in [1.807, 2.05) is 30.5 Å². The highest BCUT2D eigenvalue weighted by Gasteiger charge is 2.34. The zero-order chi connectivity index (χ0) is 19.0. The molecule has 0 bridgehead atoms. The predicted molar refractivity (Wildman–Crippen MR) is 92.2 cm³/mol. The maximum absolute atomic E-state index is 12.7. The van der Waals surface area contributed by atoms with Crippen LogP contribution >= 0.6 is 0 Å². The fraction of sp³-hybridized carbons (Fsp3) is 0.263. The SMILES string of the molecule is O=C(Cc1c[nH]c2ccccc12)N1CC(Oc2cc(C(F)(F)F)ccn2)C1. The fourth-order valence-electron chi connectivity index (χ4n) is 3.09. The maximum Gasteiger partial charge on any atom is 0.416 e. The number of likely N-dealkylation sites (tertiary alicyclic amines) is 1. The Balaban J connectivity index is 1.34. The maximum atomic E-state index is 12.7. The van der Waals surface area contributed by atoms with Crippen molar-refractivity contribution in [3.05, 3.63) is 59.9 Å². The largest absolute Gasteiger partial charge is 0.471 e. The number of H-pyrrole nitrogens is 1.